The molecule has 1 amide bonds. The zero-order valence-corrected chi connectivity index (χ0v) is 41.1. The smallest absolute Gasteiger partial charge is 0.329 e. The average molecular weight is 902 g/mol. The molecule has 0 bridgehead atoms. The van der Waals surface area contributed by atoms with E-state index in [1.54, 1.807) is 28.1 Å². The van der Waals surface area contributed by atoms with Crippen LogP contribution in [0.4, 0.5) is 0 Å². The second kappa shape index (κ2) is 26.3. The quantitative estimate of drug-likeness (QED) is 0.0419. The molecule has 2 heterocycles. The Balaban J connectivity index is 1.84. The molecule has 0 aromatic carbocycles. The van der Waals surface area contributed by atoms with E-state index in [1.807, 2.05) is 58.9 Å². The Morgan fingerprint density at radius 3 is 2.20 bits per heavy atom. The van der Waals surface area contributed by atoms with Gasteiger partial charge < -0.3 is 38.8 Å². The molecule has 364 valence electrons. The monoisotopic (exact) mass is 902 g/mol. The lowest BCUT2D eigenvalue weighted by Gasteiger charge is -2.42. The van der Waals surface area contributed by atoms with Gasteiger partial charge in [0.05, 0.1) is 24.4 Å². The molecule has 1 aliphatic carbocycles. The van der Waals surface area contributed by atoms with E-state index in [1.165, 1.54) is 12.0 Å². The van der Waals surface area contributed by atoms with Gasteiger partial charge in [0.2, 0.25) is 5.79 Å². The van der Waals surface area contributed by atoms with E-state index in [4.69, 9.17) is 23.7 Å². The van der Waals surface area contributed by atoms with Gasteiger partial charge in [-0.25, -0.2) is 4.79 Å². The van der Waals surface area contributed by atoms with Crippen molar-refractivity contribution in [3.05, 3.63) is 35.5 Å². The number of rotatable bonds is 24. The van der Waals surface area contributed by atoms with Crippen LogP contribution in [0.1, 0.15) is 146 Å². The number of allylic oxidation sites excluding steroid dienone is 4. The topological polar surface area (TPSA) is 175 Å². The molecule has 0 aromatic heterocycles. The van der Waals surface area contributed by atoms with Crippen molar-refractivity contribution in [3.8, 4) is 0 Å². The molecular weight excluding hydrogens is 819 g/mol. The fraction of sp³-hybridized carbons (Fsp3) is 0.784. The van der Waals surface area contributed by atoms with Crippen molar-refractivity contribution >= 4 is 29.2 Å². The zero-order chi connectivity index (χ0) is 47.9. The molecule has 2 aliphatic heterocycles. The second-order valence-electron chi connectivity index (χ2n) is 19.7. The van der Waals surface area contributed by atoms with Gasteiger partial charge in [0.1, 0.15) is 24.0 Å². The minimum absolute atomic E-state index is 0.0323. The summed E-state index contributed by atoms with van der Waals surface area (Å²) in [6.45, 7) is 17.3. The lowest BCUT2D eigenvalue weighted by atomic mass is 9.78. The number of likely N-dealkylation sites (tertiary alicyclic amines) is 1. The van der Waals surface area contributed by atoms with E-state index in [9.17, 15) is 34.2 Å². The molecule has 2 saturated heterocycles. The van der Waals surface area contributed by atoms with Gasteiger partial charge in [0.15, 0.2) is 5.78 Å². The van der Waals surface area contributed by atoms with E-state index < -0.39 is 65.7 Å². The van der Waals surface area contributed by atoms with Crippen LogP contribution in [0.5, 0.6) is 0 Å². The van der Waals surface area contributed by atoms with Gasteiger partial charge in [-0.2, -0.15) is 0 Å². The Morgan fingerprint density at radius 1 is 0.891 bits per heavy atom. The second-order valence-corrected chi connectivity index (χ2v) is 19.7. The fourth-order valence-electron chi connectivity index (χ4n) is 9.90. The number of carbonyl (C=O) groups excluding carboxylic acids is 5. The van der Waals surface area contributed by atoms with Crippen LogP contribution < -0.4 is 0 Å². The molecule has 0 radical (unpaired) electrons. The Kier molecular flexibility index (Phi) is 22.7. The Hall–Kier alpha value is -3.07. The third-order valence-corrected chi connectivity index (χ3v) is 14.0. The molecule has 13 heteroatoms. The number of ketones is 3. The summed E-state index contributed by atoms with van der Waals surface area (Å²) in [6.07, 6.45) is 10.7. The van der Waals surface area contributed by atoms with Gasteiger partial charge in [-0.1, -0.05) is 71.4 Å². The summed E-state index contributed by atoms with van der Waals surface area (Å²) in [5.74, 6) is -6.50. The summed E-state index contributed by atoms with van der Waals surface area (Å²) in [4.78, 5) is 71.2. The van der Waals surface area contributed by atoms with Crippen LogP contribution in [-0.4, -0.2) is 121 Å². The minimum atomic E-state index is -2.40. The van der Waals surface area contributed by atoms with E-state index >= 15 is 0 Å². The number of ether oxygens (including phenoxy) is 5. The van der Waals surface area contributed by atoms with Crippen molar-refractivity contribution < 1.29 is 57.9 Å². The largest absolute Gasteiger partial charge is 0.460 e. The van der Waals surface area contributed by atoms with Crippen molar-refractivity contribution in [2.45, 2.75) is 194 Å². The number of esters is 1. The summed E-state index contributed by atoms with van der Waals surface area (Å²) < 4.78 is 29.3. The highest BCUT2D eigenvalue weighted by Gasteiger charge is 2.53. The zero-order valence-electron chi connectivity index (χ0n) is 41.1. The number of aliphatic hydroxyl groups excluding tert-OH is 1. The van der Waals surface area contributed by atoms with Crippen molar-refractivity contribution in [3.63, 3.8) is 0 Å². The molecule has 3 aliphatic rings. The van der Waals surface area contributed by atoms with Crippen molar-refractivity contribution in [1.82, 2.24) is 4.90 Å². The molecule has 13 atom stereocenters. The normalized spacial score (nSPS) is 28.9. The molecule has 0 spiro atoms. The molecule has 1 saturated carbocycles. The lowest BCUT2D eigenvalue weighted by Crippen LogP contribution is -2.61. The number of carbonyl (C=O) groups is 5. The predicted molar refractivity (Wildman–Crippen MR) is 246 cm³/mol. The highest BCUT2D eigenvalue weighted by atomic mass is 16.6. The van der Waals surface area contributed by atoms with Gasteiger partial charge in [-0.3, -0.25) is 19.2 Å². The summed E-state index contributed by atoms with van der Waals surface area (Å²) >= 11 is 0. The summed E-state index contributed by atoms with van der Waals surface area (Å²) in [6, 6.07) is -1.10. The first-order valence-corrected chi connectivity index (χ1v) is 24.0. The van der Waals surface area contributed by atoms with Crippen molar-refractivity contribution in [2.75, 3.05) is 27.9 Å². The maximum atomic E-state index is 14.4. The molecular formula is C51H83NO12. The van der Waals surface area contributed by atoms with E-state index in [0.717, 1.165) is 24.0 Å². The Morgan fingerprint density at radius 2 is 1.58 bits per heavy atom. The number of hydrogen-bond acceptors (Lipinski definition) is 12. The first-order chi connectivity index (χ1) is 30.2. The fourth-order valence-corrected chi connectivity index (χ4v) is 9.90. The lowest BCUT2D eigenvalue weighted by molar-refractivity contribution is -0.265. The first kappa shape index (κ1) is 55.3. The van der Waals surface area contributed by atoms with Gasteiger partial charge in [0.25, 0.3) is 11.7 Å². The van der Waals surface area contributed by atoms with E-state index in [2.05, 4.69) is 13.8 Å². The van der Waals surface area contributed by atoms with Crippen LogP contribution in [0, 0.1) is 35.5 Å². The molecule has 3 fully saturated rings. The number of nitrogens with zero attached hydrogens (tertiary/aromatic N) is 1. The van der Waals surface area contributed by atoms with Gasteiger partial charge in [-0.15, -0.1) is 0 Å². The Labute approximate surface area is 384 Å². The third-order valence-electron chi connectivity index (χ3n) is 14.0. The minimum Gasteiger partial charge on any atom is -0.460 e. The maximum Gasteiger partial charge on any atom is 0.329 e. The number of piperidine rings is 1. The molecule has 64 heavy (non-hydrogen) atoms. The standard InChI is InChI=1S/C51H83NO12/c1-13-14-17-33(5)43(60-10)29-39-21-19-37(9)51(59,64-39)48(56)49(57)52-23-16-15-18-40(52)50(58)63-44(35(7)27-38-20-22-41(53)45(28-38)61-11)30-42(54)34(6)25-32(4)26-46(62-12)47(55)36(8)24-31(2)3/h13-14,17,25,31,34-41,43-46,53,59H,15-16,18-24,26-30H2,1-12H3/b14-13+,32-25+,33-17+/t34-,35-,36-,37-,38?,39+,40?,41-,43+,44+,45-,46-,51-/m1/s1. The van der Waals surface area contributed by atoms with Crippen LogP contribution >= 0.6 is 0 Å². The molecule has 0 aromatic rings. The molecule has 2 N–H and O–H groups in total. The number of hydrogen-bond donors (Lipinski definition) is 2. The van der Waals surface area contributed by atoms with Crippen LogP contribution in [0.2, 0.25) is 0 Å². The number of aliphatic hydroxyl groups is 2. The van der Waals surface area contributed by atoms with Crippen molar-refractivity contribution in [2.24, 2.45) is 35.5 Å². The summed E-state index contributed by atoms with van der Waals surface area (Å²) in [5.41, 5.74) is 1.79. The summed E-state index contributed by atoms with van der Waals surface area (Å²) in [7, 11) is 4.70. The third kappa shape index (κ3) is 15.5. The Bertz CT molecular complexity index is 1640. The summed E-state index contributed by atoms with van der Waals surface area (Å²) in [5, 5.41) is 22.3. The van der Waals surface area contributed by atoms with Crippen LogP contribution in [0.3, 0.4) is 0 Å². The van der Waals surface area contributed by atoms with Crippen LogP contribution in [0.15, 0.2) is 35.5 Å². The van der Waals surface area contributed by atoms with E-state index in [-0.39, 0.29) is 60.9 Å². The highest BCUT2D eigenvalue weighted by molar-refractivity contribution is 6.39. The van der Waals surface area contributed by atoms with E-state index in [0.29, 0.717) is 63.7 Å². The van der Waals surface area contributed by atoms with Crippen LogP contribution in [0.25, 0.3) is 0 Å². The molecule has 13 nitrogen and oxygen atoms in total. The number of Topliss-reactive ketones (excluding diaryl/α,β-unsaturated/α-hetero) is 3. The highest BCUT2D eigenvalue weighted by Crippen LogP contribution is 2.37. The SMILES string of the molecule is C/C=C/C=C(\C)[C@H](C[C@@H]1CC[C@@H](C)[C@](O)(C(=O)C(=O)N2CCCCC2C(=O)O[C@@H](CC(=O)[C@H](C)/C=C(\C)C[C@@H](OC)C(=O)[C@H](C)CC(C)C)[C@H](C)CC2CC[C@@H](O)[C@H](OC)C2)O1)OC. The van der Waals surface area contributed by atoms with Gasteiger partial charge in [-0.05, 0) is 108 Å². The average Bonchev–Trinajstić information content (AvgIpc) is 3.26. The predicted octanol–water partition coefficient (Wildman–Crippen LogP) is 7.68. The maximum absolute atomic E-state index is 14.4. The number of amides is 1. The van der Waals surface area contributed by atoms with Gasteiger partial charge >= 0.3 is 5.97 Å². The van der Waals surface area contributed by atoms with Crippen LogP contribution in [-0.2, 0) is 47.7 Å². The molecule has 2 unspecified atom stereocenters. The van der Waals surface area contributed by atoms with Gasteiger partial charge in [0, 0.05) is 64.9 Å². The molecule has 3 rings (SSSR count). The number of methoxy groups -OCH3 is 3. The first-order valence-electron chi connectivity index (χ1n) is 24.0. The van der Waals surface area contributed by atoms with Crippen molar-refractivity contribution in [1.29, 1.82) is 0 Å².